The number of carbonyl (C=O) groups excluding carboxylic acids is 1. The summed E-state index contributed by atoms with van der Waals surface area (Å²) in [4.78, 5) is 34.8. The Morgan fingerprint density at radius 3 is 2.92 bits per heavy atom. The molecule has 2 aromatic rings. The van der Waals surface area contributed by atoms with Crippen LogP contribution in [0.1, 0.15) is 55.4 Å². The number of amides is 1. The SMILES string of the molecule is O=C(Cn1cnc2sc3c(c2c1=O)CCC3)N1CCC[C@H]2CCCC[C@@H]21. The van der Waals surface area contributed by atoms with Gasteiger partial charge in [-0.15, -0.1) is 11.3 Å². The van der Waals surface area contributed by atoms with Crippen LogP contribution in [0.5, 0.6) is 0 Å². The zero-order valence-electron chi connectivity index (χ0n) is 15.1. The molecule has 2 aliphatic carbocycles. The fraction of sp³-hybridized carbons (Fsp3) is 0.650. The molecule has 3 aliphatic rings. The third-order valence-corrected chi connectivity index (χ3v) is 7.76. The minimum atomic E-state index is -0.0278. The van der Waals surface area contributed by atoms with Crippen LogP contribution in [0.25, 0.3) is 10.2 Å². The number of hydrogen-bond donors (Lipinski definition) is 0. The maximum Gasteiger partial charge on any atom is 0.262 e. The first kappa shape index (κ1) is 16.5. The Kier molecular flexibility index (Phi) is 4.11. The smallest absolute Gasteiger partial charge is 0.262 e. The predicted molar refractivity (Wildman–Crippen MR) is 103 cm³/mol. The Morgan fingerprint density at radius 1 is 1.15 bits per heavy atom. The minimum absolute atomic E-state index is 0.0278. The summed E-state index contributed by atoms with van der Waals surface area (Å²) in [7, 11) is 0. The van der Waals surface area contributed by atoms with Crippen molar-refractivity contribution in [3.8, 4) is 0 Å². The normalized spacial score (nSPS) is 25.3. The van der Waals surface area contributed by atoms with Crippen LogP contribution >= 0.6 is 11.3 Å². The summed E-state index contributed by atoms with van der Waals surface area (Å²) in [5.41, 5.74) is 1.16. The van der Waals surface area contributed by atoms with Gasteiger partial charge in [0.05, 0.1) is 11.7 Å². The van der Waals surface area contributed by atoms with Crippen LogP contribution in [-0.2, 0) is 24.2 Å². The summed E-state index contributed by atoms with van der Waals surface area (Å²) in [5.74, 6) is 0.760. The van der Waals surface area contributed by atoms with E-state index in [0.29, 0.717) is 12.0 Å². The summed E-state index contributed by atoms with van der Waals surface area (Å²) in [6.07, 6.45) is 12.0. The average molecular weight is 372 g/mol. The molecule has 0 spiro atoms. The highest BCUT2D eigenvalue weighted by Gasteiger charge is 2.35. The van der Waals surface area contributed by atoms with E-state index >= 15 is 0 Å². The van der Waals surface area contributed by atoms with Crippen LogP contribution in [0.3, 0.4) is 0 Å². The third-order valence-electron chi connectivity index (χ3n) is 6.56. The first-order valence-corrected chi connectivity index (χ1v) is 10.8. The molecule has 0 radical (unpaired) electrons. The van der Waals surface area contributed by atoms with Gasteiger partial charge in [-0.1, -0.05) is 12.8 Å². The topological polar surface area (TPSA) is 55.2 Å². The van der Waals surface area contributed by atoms with Crippen LogP contribution in [0.4, 0.5) is 0 Å². The molecule has 2 aromatic heterocycles. The molecule has 0 N–H and O–H groups in total. The van der Waals surface area contributed by atoms with Crippen molar-refractivity contribution in [3.05, 3.63) is 27.1 Å². The summed E-state index contributed by atoms with van der Waals surface area (Å²) < 4.78 is 1.54. The first-order chi connectivity index (χ1) is 12.7. The molecule has 2 fully saturated rings. The Labute approximate surface area is 157 Å². The van der Waals surface area contributed by atoms with Gasteiger partial charge in [-0.25, -0.2) is 4.98 Å². The molecular weight excluding hydrogens is 346 g/mol. The Bertz CT molecular complexity index is 914. The van der Waals surface area contributed by atoms with Gasteiger partial charge in [0.1, 0.15) is 11.4 Å². The molecule has 2 atom stereocenters. The van der Waals surface area contributed by atoms with E-state index < -0.39 is 0 Å². The van der Waals surface area contributed by atoms with Gasteiger partial charge in [-0.2, -0.15) is 0 Å². The lowest BCUT2D eigenvalue weighted by Crippen LogP contribution is -2.51. The van der Waals surface area contributed by atoms with E-state index in [-0.39, 0.29) is 18.0 Å². The van der Waals surface area contributed by atoms with Crippen LogP contribution in [0, 0.1) is 5.92 Å². The number of fused-ring (bicyclic) bond motifs is 4. The van der Waals surface area contributed by atoms with Crippen molar-refractivity contribution in [2.24, 2.45) is 5.92 Å². The minimum Gasteiger partial charge on any atom is -0.338 e. The number of piperidine rings is 1. The summed E-state index contributed by atoms with van der Waals surface area (Å²) in [5, 5.41) is 0.770. The highest BCUT2D eigenvalue weighted by molar-refractivity contribution is 7.18. The largest absolute Gasteiger partial charge is 0.338 e. The van der Waals surface area contributed by atoms with Gasteiger partial charge in [0.25, 0.3) is 5.56 Å². The monoisotopic (exact) mass is 371 g/mol. The van der Waals surface area contributed by atoms with Gasteiger partial charge in [-0.05, 0) is 56.4 Å². The van der Waals surface area contributed by atoms with E-state index in [1.165, 1.54) is 36.1 Å². The average Bonchev–Trinajstić information content (AvgIpc) is 3.24. The second-order valence-electron chi connectivity index (χ2n) is 8.06. The maximum atomic E-state index is 13.0. The fourth-order valence-electron chi connectivity index (χ4n) is 5.30. The molecule has 26 heavy (non-hydrogen) atoms. The van der Waals surface area contributed by atoms with Gasteiger partial charge in [-0.3, -0.25) is 14.2 Å². The molecule has 5 nitrogen and oxygen atoms in total. The molecule has 1 saturated heterocycles. The number of likely N-dealkylation sites (tertiary alicyclic amines) is 1. The van der Waals surface area contributed by atoms with E-state index in [2.05, 4.69) is 9.88 Å². The van der Waals surface area contributed by atoms with E-state index in [9.17, 15) is 9.59 Å². The molecule has 0 aromatic carbocycles. The number of thiophene rings is 1. The van der Waals surface area contributed by atoms with Gasteiger partial charge in [0, 0.05) is 17.5 Å². The van der Waals surface area contributed by atoms with Crippen molar-refractivity contribution in [2.45, 2.75) is 70.4 Å². The second-order valence-corrected chi connectivity index (χ2v) is 9.14. The highest BCUT2D eigenvalue weighted by Crippen LogP contribution is 2.36. The van der Waals surface area contributed by atoms with Crippen molar-refractivity contribution in [1.82, 2.24) is 14.5 Å². The fourth-order valence-corrected chi connectivity index (χ4v) is 6.52. The molecule has 1 saturated carbocycles. The standard InChI is InChI=1S/C20H25N3O2S/c24-17(23-10-4-6-13-5-1-2-8-15(13)23)11-22-12-21-19-18(20(22)25)14-7-3-9-16(14)26-19/h12-13,15H,1-11H2/t13-,15+/m1/s1. The van der Waals surface area contributed by atoms with Crippen molar-refractivity contribution < 1.29 is 4.79 Å². The molecule has 1 amide bonds. The van der Waals surface area contributed by atoms with Crippen LogP contribution in [0.15, 0.2) is 11.1 Å². The van der Waals surface area contributed by atoms with Crippen LogP contribution in [-0.4, -0.2) is 32.9 Å². The van der Waals surface area contributed by atoms with Gasteiger partial charge >= 0.3 is 0 Å². The lowest BCUT2D eigenvalue weighted by atomic mass is 9.78. The number of nitrogens with zero attached hydrogens (tertiary/aromatic N) is 3. The van der Waals surface area contributed by atoms with Crippen molar-refractivity contribution in [2.75, 3.05) is 6.54 Å². The number of aryl methyl sites for hydroxylation is 2. The summed E-state index contributed by atoms with van der Waals surface area (Å²) >= 11 is 1.65. The van der Waals surface area contributed by atoms with Crippen LogP contribution < -0.4 is 5.56 Å². The molecular formula is C20H25N3O2S. The number of aromatic nitrogens is 2. The zero-order chi connectivity index (χ0) is 17.7. The Hall–Kier alpha value is -1.69. The van der Waals surface area contributed by atoms with E-state index in [1.807, 2.05) is 0 Å². The Balaban J connectivity index is 1.43. The zero-order valence-corrected chi connectivity index (χ0v) is 15.9. The van der Waals surface area contributed by atoms with Crippen molar-refractivity contribution in [3.63, 3.8) is 0 Å². The quantitative estimate of drug-likeness (QED) is 0.815. The van der Waals surface area contributed by atoms with Gasteiger partial charge < -0.3 is 4.90 Å². The van der Waals surface area contributed by atoms with Crippen LogP contribution in [0.2, 0.25) is 0 Å². The van der Waals surface area contributed by atoms with Gasteiger partial charge in [0.15, 0.2) is 0 Å². The highest BCUT2D eigenvalue weighted by atomic mass is 32.1. The Morgan fingerprint density at radius 2 is 2.00 bits per heavy atom. The molecule has 5 rings (SSSR count). The lowest BCUT2D eigenvalue weighted by molar-refractivity contribution is -0.138. The second kappa shape index (κ2) is 6.48. The molecule has 3 heterocycles. The summed E-state index contributed by atoms with van der Waals surface area (Å²) in [6.45, 7) is 0.980. The van der Waals surface area contributed by atoms with Crippen molar-refractivity contribution in [1.29, 1.82) is 0 Å². The molecule has 138 valence electrons. The molecule has 0 bridgehead atoms. The molecule has 6 heteroatoms. The van der Waals surface area contributed by atoms with E-state index in [4.69, 9.17) is 0 Å². The van der Waals surface area contributed by atoms with Gasteiger partial charge in [0.2, 0.25) is 5.91 Å². The predicted octanol–water partition coefficient (Wildman–Crippen LogP) is 3.13. The number of rotatable bonds is 2. The van der Waals surface area contributed by atoms with Crippen molar-refractivity contribution >= 4 is 27.5 Å². The first-order valence-electron chi connectivity index (χ1n) is 10.0. The molecule has 0 unspecified atom stereocenters. The third kappa shape index (κ3) is 2.61. The molecule has 1 aliphatic heterocycles. The maximum absolute atomic E-state index is 13.0. The van der Waals surface area contributed by atoms with E-state index in [0.717, 1.165) is 48.9 Å². The number of hydrogen-bond acceptors (Lipinski definition) is 4. The number of carbonyl (C=O) groups is 1. The lowest BCUT2D eigenvalue weighted by Gasteiger charge is -2.44. The van der Waals surface area contributed by atoms with E-state index in [1.54, 1.807) is 22.2 Å². The summed E-state index contributed by atoms with van der Waals surface area (Å²) in [6, 6.07) is 0.391.